The summed E-state index contributed by atoms with van der Waals surface area (Å²) in [7, 11) is 0. The zero-order valence-electron chi connectivity index (χ0n) is 24.7. The van der Waals surface area contributed by atoms with Crippen LogP contribution in [0.1, 0.15) is 56.3 Å². The molecular formula is C43H34. The van der Waals surface area contributed by atoms with Crippen molar-refractivity contribution in [3.05, 3.63) is 196 Å². The van der Waals surface area contributed by atoms with Crippen LogP contribution in [0.2, 0.25) is 0 Å². The van der Waals surface area contributed by atoms with Crippen molar-refractivity contribution in [1.82, 2.24) is 0 Å². The monoisotopic (exact) mass is 550 g/mol. The molecule has 1 unspecified atom stereocenters. The first kappa shape index (κ1) is 25.7. The minimum absolute atomic E-state index is 0.136. The molecule has 206 valence electrons. The van der Waals surface area contributed by atoms with Crippen molar-refractivity contribution < 1.29 is 0 Å². The predicted octanol–water partition coefficient (Wildman–Crippen LogP) is 10.9. The minimum atomic E-state index is -0.375. The van der Waals surface area contributed by atoms with Gasteiger partial charge >= 0.3 is 0 Å². The zero-order valence-corrected chi connectivity index (χ0v) is 24.7. The SMILES string of the molecule is Cc1ccc2c(c1)C(C(c1ccccc1)(c1ccccc1)C1C=Cc3cc(-c4ccccc4)ccc31)c1cc(C)ccc1-2. The molecule has 2 aliphatic rings. The second-order valence-corrected chi connectivity index (χ2v) is 12.3. The molecule has 0 N–H and O–H groups in total. The van der Waals surface area contributed by atoms with Crippen LogP contribution in [0.4, 0.5) is 0 Å². The van der Waals surface area contributed by atoms with E-state index in [-0.39, 0.29) is 17.3 Å². The topological polar surface area (TPSA) is 0 Å². The van der Waals surface area contributed by atoms with Gasteiger partial charge in [0.25, 0.3) is 0 Å². The average molecular weight is 551 g/mol. The standard InChI is InChI=1S/C43H34/c1-29-18-22-37-38-23-19-30(2)27-40(38)42(39(37)26-29)43(34-14-8-4-9-15-34,35-16-10-5-11-17-35)41-25-21-33-28-32(20-24-36(33)41)31-12-6-3-7-13-31/h3-28,41-42H,1-2H3. The fourth-order valence-electron chi connectivity index (χ4n) is 7.97. The van der Waals surface area contributed by atoms with Crippen molar-refractivity contribution in [2.45, 2.75) is 31.1 Å². The lowest BCUT2D eigenvalue weighted by Crippen LogP contribution is -2.40. The van der Waals surface area contributed by atoms with Gasteiger partial charge in [-0.05, 0) is 75.5 Å². The number of hydrogen-bond acceptors (Lipinski definition) is 0. The van der Waals surface area contributed by atoms with E-state index in [4.69, 9.17) is 0 Å². The molecule has 0 saturated carbocycles. The largest absolute Gasteiger partial charge is 0.0751 e. The van der Waals surface area contributed by atoms with Crippen molar-refractivity contribution in [3.63, 3.8) is 0 Å². The van der Waals surface area contributed by atoms with Crippen molar-refractivity contribution in [1.29, 1.82) is 0 Å². The number of rotatable bonds is 5. The molecule has 2 aliphatic carbocycles. The zero-order chi connectivity index (χ0) is 29.0. The summed E-state index contributed by atoms with van der Waals surface area (Å²) in [4.78, 5) is 0. The highest BCUT2D eigenvalue weighted by atomic mass is 14.5. The van der Waals surface area contributed by atoms with E-state index in [0.29, 0.717) is 0 Å². The van der Waals surface area contributed by atoms with E-state index in [1.807, 2.05) is 0 Å². The van der Waals surface area contributed by atoms with Crippen LogP contribution in [0.25, 0.3) is 28.3 Å². The number of benzene rings is 6. The smallest absolute Gasteiger partial charge is 0.0415 e. The van der Waals surface area contributed by atoms with Crippen LogP contribution in [0.15, 0.2) is 152 Å². The summed E-state index contributed by atoms with van der Waals surface area (Å²) in [5.41, 5.74) is 15.7. The van der Waals surface area contributed by atoms with Gasteiger partial charge in [-0.2, -0.15) is 0 Å². The second-order valence-electron chi connectivity index (χ2n) is 12.3. The highest BCUT2D eigenvalue weighted by Crippen LogP contribution is 2.63. The van der Waals surface area contributed by atoms with Crippen LogP contribution < -0.4 is 0 Å². The van der Waals surface area contributed by atoms with Gasteiger partial charge in [-0.15, -0.1) is 0 Å². The average Bonchev–Trinajstić information content (AvgIpc) is 3.62. The fraction of sp³-hybridized carbons (Fsp3) is 0.116. The van der Waals surface area contributed by atoms with E-state index >= 15 is 0 Å². The van der Waals surface area contributed by atoms with Crippen LogP contribution in [0.3, 0.4) is 0 Å². The Balaban J connectivity index is 1.45. The third-order valence-electron chi connectivity index (χ3n) is 9.77. The maximum absolute atomic E-state index is 2.49. The van der Waals surface area contributed by atoms with Gasteiger partial charge in [0.05, 0.1) is 0 Å². The van der Waals surface area contributed by atoms with Crippen LogP contribution in [0.5, 0.6) is 0 Å². The molecule has 0 amide bonds. The summed E-state index contributed by atoms with van der Waals surface area (Å²) >= 11 is 0. The van der Waals surface area contributed by atoms with Crippen molar-refractivity contribution in [3.8, 4) is 22.3 Å². The Morgan fingerprint density at radius 1 is 0.465 bits per heavy atom. The van der Waals surface area contributed by atoms with Gasteiger partial charge < -0.3 is 0 Å². The quantitative estimate of drug-likeness (QED) is 0.200. The van der Waals surface area contributed by atoms with Gasteiger partial charge in [0.1, 0.15) is 0 Å². The molecule has 0 radical (unpaired) electrons. The first-order chi connectivity index (χ1) is 21.1. The summed E-state index contributed by atoms with van der Waals surface area (Å²) in [6.45, 7) is 4.46. The lowest BCUT2D eigenvalue weighted by atomic mass is 9.55. The van der Waals surface area contributed by atoms with Gasteiger partial charge in [0.2, 0.25) is 0 Å². The highest BCUT2D eigenvalue weighted by Gasteiger charge is 2.53. The molecule has 1 atom stereocenters. The Hall–Kier alpha value is -4.94. The van der Waals surface area contributed by atoms with Gasteiger partial charge in [0, 0.05) is 17.3 Å². The van der Waals surface area contributed by atoms with Crippen LogP contribution in [-0.4, -0.2) is 0 Å². The van der Waals surface area contributed by atoms with E-state index in [9.17, 15) is 0 Å². The van der Waals surface area contributed by atoms with E-state index in [1.165, 1.54) is 66.8 Å². The summed E-state index contributed by atoms with van der Waals surface area (Å²) in [6, 6.07) is 54.6. The summed E-state index contributed by atoms with van der Waals surface area (Å²) in [5.74, 6) is 0.276. The van der Waals surface area contributed by atoms with Crippen molar-refractivity contribution >= 4 is 6.08 Å². The number of allylic oxidation sites excluding steroid dienone is 1. The Bertz CT molecular complexity index is 1890. The molecule has 0 aliphatic heterocycles. The van der Waals surface area contributed by atoms with Gasteiger partial charge in [-0.25, -0.2) is 0 Å². The first-order valence-electron chi connectivity index (χ1n) is 15.3. The van der Waals surface area contributed by atoms with Crippen molar-refractivity contribution in [2.24, 2.45) is 0 Å². The van der Waals surface area contributed by atoms with Gasteiger partial charge in [-0.3, -0.25) is 0 Å². The summed E-state index contributed by atoms with van der Waals surface area (Å²) in [5, 5.41) is 0. The van der Waals surface area contributed by atoms with Crippen LogP contribution in [0, 0.1) is 13.8 Å². The fourth-order valence-corrected chi connectivity index (χ4v) is 7.97. The Morgan fingerprint density at radius 3 is 1.56 bits per heavy atom. The normalized spacial score (nSPS) is 15.3. The molecular weight excluding hydrogens is 516 g/mol. The summed E-state index contributed by atoms with van der Waals surface area (Å²) in [6.07, 6.45) is 4.86. The Kier molecular flexibility index (Phi) is 6.05. The second kappa shape index (κ2) is 10.1. The maximum atomic E-state index is 2.49. The molecule has 0 heterocycles. The minimum Gasteiger partial charge on any atom is -0.0751 e. The van der Waals surface area contributed by atoms with Gasteiger partial charge in [0.15, 0.2) is 0 Å². The molecule has 0 aromatic heterocycles. The molecule has 0 fully saturated rings. The molecule has 8 rings (SSSR count). The molecule has 0 saturated heterocycles. The molecule has 6 aromatic rings. The lowest BCUT2D eigenvalue weighted by Gasteiger charge is -2.46. The molecule has 0 heteroatoms. The lowest BCUT2D eigenvalue weighted by molar-refractivity contribution is 0.416. The molecule has 0 spiro atoms. The number of fused-ring (bicyclic) bond motifs is 4. The third kappa shape index (κ3) is 3.97. The molecule has 6 aromatic carbocycles. The Morgan fingerprint density at radius 2 is 1.00 bits per heavy atom. The predicted molar refractivity (Wildman–Crippen MR) is 181 cm³/mol. The number of aryl methyl sites for hydroxylation is 2. The van der Waals surface area contributed by atoms with Crippen LogP contribution >= 0.6 is 0 Å². The molecule has 43 heavy (non-hydrogen) atoms. The third-order valence-corrected chi connectivity index (χ3v) is 9.77. The summed E-state index contributed by atoms with van der Waals surface area (Å²) < 4.78 is 0. The van der Waals surface area contributed by atoms with E-state index in [0.717, 1.165) is 0 Å². The molecule has 0 nitrogen and oxygen atoms in total. The maximum Gasteiger partial charge on any atom is 0.0415 e. The van der Waals surface area contributed by atoms with Crippen LogP contribution in [-0.2, 0) is 5.41 Å². The Labute approximate surface area is 255 Å². The van der Waals surface area contributed by atoms with Gasteiger partial charge in [-0.1, -0.05) is 163 Å². The highest BCUT2D eigenvalue weighted by molar-refractivity contribution is 5.83. The van der Waals surface area contributed by atoms with E-state index in [1.54, 1.807) is 0 Å². The number of hydrogen-bond donors (Lipinski definition) is 0. The first-order valence-corrected chi connectivity index (χ1v) is 15.3. The molecule has 0 bridgehead atoms. The van der Waals surface area contributed by atoms with E-state index in [2.05, 4.69) is 172 Å². The van der Waals surface area contributed by atoms with E-state index < -0.39 is 0 Å². The van der Waals surface area contributed by atoms with Crippen molar-refractivity contribution in [2.75, 3.05) is 0 Å².